The number of allylic oxidation sites excluding steroid dienone is 1. The van der Waals surface area contributed by atoms with Crippen molar-refractivity contribution in [2.75, 3.05) is 7.05 Å². The van der Waals surface area contributed by atoms with E-state index in [0.29, 0.717) is 11.9 Å². The van der Waals surface area contributed by atoms with E-state index in [1.807, 2.05) is 6.07 Å². The Hall–Kier alpha value is -2.29. The molecule has 0 saturated carbocycles. The van der Waals surface area contributed by atoms with Gasteiger partial charge in [0.25, 0.3) is 0 Å². The first-order valence-electron chi connectivity index (χ1n) is 5.72. The minimum absolute atomic E-state index is 0.222. The van der Waals surface area contributed by atoms with Crippen LogP contribution in [0.1, 0.15) is 24.1 Å². The van der Waals surface area contributed by atoms with Gasteiger partial charge in [0.15, 0.2) is 0 Å². The second-order valence-corrected chi connectivity index (χ2v) is 4.29. The lowest BCUT2D eigenvalue weighted by Crippen LogP contribution is -2.21. The van der Waals surface area contributed by atoms with Crippen LogP contribution in [0.25, 0.3) is 0 Å². The maximum Gasteiger partial charge on any atom is 0.416 e. The van der Waals surface area contributed by atoms with Gasteiger partial charge in [-0.2, -0.15) is 18.4 Å². The van der Waals surface area contributed by atoms with E-state index in [1.54, 1.807) is 6.92 Å². The van der Waals surface area contributed by atoms with Gasteiger partial charge in [-0.1, -0.05) is 12.1 Å². The molecule has 0 aliphatic carbocycles. The van der Waals surface area contributed by atoms with Crippen LogP contribution >= 0.6 is 0 Å². The van der Waals surface area contributed by atoms with Crippen molar-refractivity contribution < 1.29 is 18.0 Å². The van der Waals surface area contributed by atoms with Crippen LogP contribution in [0.15, 0.2) is 36.0 Å². The Kier molecular flexibility index (Phi) is 4.92. The van der Waals surface area contributed by atoms with Crippen LogP contribution in [-0.2, 0) is 11.0 Å². The molecule has 20 heavy (non-hydrogen) atoms. The van der Waals surface area contributed by atoms with Crippen LogP contribution in [0.2, 0.25) is 0 Å². The van der Waals surface area contributed by atoms with E-state index in [-0.39, 0.29) is 5.56 Å². The van der Waals surface area contributed by atoms with E-state index in [0.717, 1.165) is 12.1 Å². The molecule has 0 aliphatic rings. The zero-order valence-electron chi connectivity index (χ0n) is 11.0. The molecule has 3 nitrogen and oxygen atoms in total. The molecule has 1 rings (SSSR count). The Bertz CT molecular complexity index is 558. The molecule has 0 heterocycles. The summed E-state index contributed by atoms with van der Waals surface area (Å²) in [6.45, 7) is 1.55. The van der Waals surface area contributed by atoms with Crippen LogP contribution in [0.4, 0.5) is 13.2 Å². The van der Waals surface area contributed by atoms with Gasteiger partial charge in [-0.3, -0.25) is 0 Å². The summed E-state index contributed by atoms with van der Waals surface area (Å²) in [5.41, 5.74) is -0.234. The molecule has 1 aromatic carbocycles. The monoisotopic (exact) mass is 282 g/mol. The standard InChI is InChI=1S/C14H13F3N2O/c1-10(7-18)8-19(2)13(9-20)11-4-3-5-12(6-11)14(15,16)17/h3-6,8-9,13H,1-2H3/b10-8-. The number of carbonyl (C=O) groups is 1. The summed E-state index contributed by atoms with van der Waals surface area (Å²) in [5, 5.41) is 8.68. The molecule has 0 bridgehead atoms. The maximum atomic E-state index is 12.6. The summed E-state index contributed by atoms with van der Waals surface area (Å²) in [7, 11) is 1.53. The molecular weight excluding hydrogens is 269 g/mol. The molecule has 0 saturated heterocycles. The minimum atomic E-state index is -4.46. The van der Waals surface area contributed by atoms with Crippen molar-refractivity contribution >= 4 is 6.29 Å². The summed E-state index contributed by atoms with van der Waals surface area (Å²) >= 11 is 0. The lowest BCUT2D eigenvalue weighted by molar-refractivity contribution is -0.137. The van der Waals surface area contributed by atoms with Crippen molar-refractivity contribution in [2.24, 2.45) is 0 Å². The highest BCUT2D eigenvalue weighted by Crippen LogP contribution is 2.31. The van der Waals surface area contributed by atoms with Crippen molar-refractivity contribution in [1.29, 1.82) is 5.26 Å². The molecule has 0 amide bonds. The molecule has 106 valence electrons. The Labute approximate surface area is 114 Å². The molecule has 1 aromatic rings. The Morgan fingerprint density at radius 2 is 2.10 bits per heavy atom. The van der Waals surface area contributed by atoms with E-state index in [2.05, 4.69) is 0 Å². The van der Waals surface area contributed by atoms with Gasteiger partial charge in [-0.15, -0.1) is 0 Å². The molecule has 0 aliphatic heterocycles. The zero-order valence-corrected chi connectivity index (χ0v) is 11.0. The Balaban J connectivity index is 3.14. The van der Waals surface area contributed by atoms with Gasteiger partial charge in [0.2, 0.25) is 0 Å². The van der Waals surface area contributed by atoms with Crippen molar-refractivity contribution in [1.82, 2.24) is 4.90 Å². The highest BCUT2D eigenvalue weighted by Gasteiger charge is 2.31. The van der Waals surface area contributed by atoms with Gasteiger partial charge in [-0.05, 0) is 24.6 Å². The Morgan fingerprint density at radius 3 is 2.60 bits per heavy atom. The first kappa shape index (κ1) is 15.8. The number of halogens is 3. The SMILES string of the molecule is C/C(C#N)=C/N(C)C(C=O)c1cccc(C(F)(F)F)c1. The fourth-order valence-electron chi connectivity index (χ4n) is 1.72. The summed E-state index contributed by atoms with van der Waals surface area (Å²) in [6, 6.07) is 5.59. The normalized spacial score (nSPS) is 13.5. The number of hydrogen-bond donors (Lipinski definition) is 0. The van der Waals surface area contributed by atoms with Crippen molar-refractivity contribution in [3.8, 4) is 6.07 Å². The third-order valence-corrected chi connectivity index (χ3v) is 2.70. The highest BCUT2D eigenvalue weighted by molar-refractivity contribution is 5.62. The number of rotatable bonds is 4. The lowest BCUT2D eigenvalue weighted by Gasteiger charge is -2.23. The van der Waals surface area contributed by atoms with E-state index in [1.165, 1.54) is 30.3 Å². The van der Waals surface area contributed by atoms with E-state index >= 15 is 0 Å². The van der Waals surface area contributed by atoms with Gasteiger partial charge in [0, 0.05) is 18.8 Å². The van der Waals surface area contributed by atoms with Crippen LogP contribution < -0.4 is 0 Å². The summed E-state index contributed by atoms with van der Waals surface area (Å²) in [6.07, 6.45) is -2.50. The number of likely N-dealkylation sites (N-methyl/N-ethyl adjacent to an activating group) is 1. The molecule has 0 radical (unpaired) electrons. The number of hydrogen-bond acceptors (Lipinski definition) is 3. The second kappa shape index (κ2) is 6.24. The molecular formula is C14H13F3N2O. The van der Waals surface area contributed by atoms with E-state index in [9.17, 15) is 18.0 Å². The van der Waals surface area contributed by atoms with Gasteiger partial charge in [0.1, 0.15) is 12.3 Å². The first-order chi connectivity index (χ1) is 9.29. The molecule has 0 aromatic heterocycles. The first-order valence-corrected chi connectivity index (χ1v) is 5.72. The third kappa shape index (κ3) is 3.85. The average molecular weight is 282 g/mol. The van der Waals surface area contributed by atoms with E-state index < -0.39 is 17.8 Å². The summed E-state index contributed by atoms with van der Waals surface area (Å²) in [5.74, 6) is 0. The molecule has 1 unspecified atom stereocenters. The second-order valence-electron chi connectivity index (χ2n) is 4.29. The average Bonchev–Trinajstić information content (AvgIpc) is 2.38. The predicted molar refractivity (Wildman–Crippen MR) is 67.4 cm³/mol. The number of alkyl halides is 3. The predicted octanol–water partition coefficient (Wildman–Crippen LogP) is 3.30. The molecule has 6 heteroatoms. The lowest BCUT2D eigenvalue weighted by atomic mass is 10.0. The minimum Gasteiger partial charge on any atom is -0.366 e. The van der Waals surface area contributed by atoms with Crippen LogP contribution in [0, 0.1) is 11.3 Å². The summed E-state index contributed by atoms with van der Waals surface area (Å²) in [4.78, 5) is 12.5. The number of carbonyl (C=O) groups excluding carboxylic acids is 1. The fourth-order valence-corrected chi connectivity index (χ4v) is 1.72. The van der Waals surface area contributed by atoms with Crippen molar-refractivity contribution in [3.63, 3.8) is 0 Å². The number of benzene rings is 1. The smallest absolute Gasteiger partial charge is 0.366 e. The van der Waals surface area contributed by atoms with E-state index in [4.69, 9.17) is 5.26 Å². The number of nitriles is 1. The van der Waals surface area contributed by atoms with Gasteiger partial charge in [0.05, 0.1) is 11.6 Å². The van der Waals surface area contributed by atoms with Crippen LogP contribution in [0.5, 0.6) is 0 Å². The molecule has 0 N–H and O–H groups in total. The topological polar surface area (TPSA) is 44.1 Å². The van der Waals surface area contributed by atoms with Gasteiger partial charge >= 0.3 is 6.18 Å². The largest absolute Gasteiger partial charge is 0.416 e. The van der Waals surface area contributed by atoms with Crippen molar-refractivity contribution in [2.45, 2.75) is 19.1 Å². The van der Waals surface area contributed by atoms with Crippen molar-refractivity contribution in [3.05, 3.63) is 47.2 Å². The summed E-state index contributed by atoms with van der Waals surface area (Å²) < 4.78 is 37.9. The third-order valence-electron chi connectivity index (χ3n) is 2.70. The quantitative estimate of drug-likeness (QED) is 0.628. The fraction of sp³-hybridized carbons (Fsp3) is 0.286. The van der Waals surface area contributed by atoms with Gasteiger partial charge in [-0.25, -0.2) is 0 Å². The number of nitrogens with zero attached hydrogens (tertiary/aromatic N) is 2. The van der Waals surface area contributed by atoms with Gasteiger partial charge < -0.3 is 9.69 Å². The van der Waals surface area contributed by atoms with Crippen LogP contribution in [-0.4, -0.2) is 18.2 Å². The zero-order chi connectivity index (χ0) is 15.3. The number of aldehydes is 1. The molecule has 0 spiro atoms. The molecule has 0 fully saturated rings. The maximum absolute atomic E-state index is 12.6. The molecule has 1 atom stereocenters. The highest BCUT2D eigenvalue weighted by atomic mass is 19.4. The Morgan fingerprint density at radius 1 is 1.45 bits per heavy atom. The van der Waals surface area contributed by atoms with Crippen LogP contribution in [0.3, 0.4) is 0 Å².